The van der Waals surface area contributed by atoms with Crippen LogP contribution in [0.5, 0.6) is 0 Å². The molecule has 0 aliphatic carbocycles. The number of aromatic nitrogens is 1. The molecule has 1 heterocycles. The molecule has 0 bridgehead atoms. The van der Waals surface area contributed by atoms with E-state index in [2.05, 4.69) is 10.3 Å². The summed E-state index contributed by atoms with van der Waals surface area (Å²) >= 11 is 12.9. The quantitative estimate of drug-likeness (QED) is 0.496. The van der Waals surface area contributed by atoms with E-state index in [0.29, 0.717) is 20.8 Å². The number of nitrogens with one attached hydrogen (secondary N) is 1. The van der Waals surface area contributed by atoms with Gasteiger partial charge in [0.1, 0.15) is 6.20 Å². The van der Waals surface area contributed by atoms with Crippen LogP contribution in [-0.2, 0) is 4.79 Å². The SMILES string of the molecule is O=C(CSc1ccc([N+](=O)[O-])cn1)Nc1ccc(Cl)cc1Cl. The van der Waals surface area contributed by atoms with Gasteiger partial charge in [0.25, 0.3) is 5.69 Å². The third-order valence-corrected chi connectivity index (χ3v) is 3.98. The summed E-state index contributed by atoms with van der Waals surface area (Å²) in [5.74, 6) is -0.168. The lowest BCUT2D eigenvalue weighted by Crippen LogP contribution is -2.14. The van der Waals surface area contributed by atoms with Crippen LogP contribution >= 0.6 is 35.0 Å². The Morgan fingerprint density at radius 2 is 2.09 bits per heavy atom. The number of hydrogen-bond acceptors (Lipinski definition) is 5. The first-order valence-electron chi connectivity index (χ1n) is 5.94. The highest BCUT2D eigenvalue weighted by molar-refractivity contribution is 7.99. The molecule has 1 aromatic heterocycles. The Balaban J connectivity index is 1.91. The third-order valence-electron chi connectivity index (χ3n) is 2.49. The van der Waals surface area contributed by atoms with Gasteiger partial charge in [0, 0.05) is 11.1 Å². The molecule has 1 aromatic carbocycles. The van der Waals surface area contributed by atoms with Crippen molar-refractivity contribution in [2.45, 2.75) is 5.03 Å². The monoisotopic (exact) mass is 357 g/mol. The summed E-state index contributed by atoms with van der Waals surface area (Å²) in [6.07, 6.45) is 1.15. The summed E-state index contributed by atoms with van der Waals surface area (Å²) in [5.41, 5.74) is 0.370. The number of carbonyl (C=O) groups excluding carboxylic acids is 1. The Labute approximate surface area is 140 Å². The smallest absolute Gasteiger partial charge is 0.287 e. The maximum Gasteiger partial charge on any atom is 0.287 e. The van der Waals surface area contributed by atoms with E-state index in [1.807, 2.05) is 0 Å². The highest BCUT2D eigenvalue weighted by Gasteiger charge is 2.09. The summed E-state index contributed by atoms with van der Waals surface area (Å²) in [6.45, 7) is 0. The van der Waals surface area contributed by atoms with Gasteiger partial charge in [-0.3, -0.25) is 14.9 Å². The number of pyridine rings is 1. The zero-order chi connectivity index (χ0) is 16.1. The van der Waals surface area contributed by atoms with Gasteiger partial charge in [-0.15, -0.1) is 0 Å². The summed E-state index contributed by atoms with van der Waals surface area (Å²) in [5, 5.41) is 14.5. The van der Waals surface area contributed by atoms with Crippen LogP contribution in [0.4, 0.5) is 11.4 Å². The molecular formula is C13H9Cl2N3O3S. The predicted molar refractivity (Wildman–Crippen MR) is 86.7 cm³/mol. The van der Waals surface area contributed by atoms with E-state index in [0.717, 1.165) is 18.0 Å². The van der Waals surface area contributed by atoms with Gasteiger partial charge in [-0.1, -0.05) is 35.0 Å². The van der Waals surface area contributed by atoms with Crippen LogP contribution in [-0.4, -0.2) is 21.6 Å². The van der Waals surface area contributed by atoms with E-state index in [-0.39, 0.29) is 17.3 Å². The Bertz CT molecular complexity index is 710. The molecule has 1 N–H and O–H groups in total. The molecule has 0 aliphatic rings. The van der Waals surface area contributed by atoms with Gasteiger partial charge in [0.2, 0.25) is 5.91 Å². The molecule has 0 fully saturated rings. The van der Waals surface area contributed by atoms with Gasteiger partial charge in [-0.05, 0) is 24.3 Å². The normalized spacial score (nSPS) is 10.3. The van der Waals surface area contributed by atoms with Crippen LogP contribution in [0.2, 0.25) is 10.0 Å². The average Bonchev–Trinajstić information content (AvgIpc) is 2.48. The number of nitrogens with zero attached hydrogens (tertiary/aromatic N) is 2. The van der Waals surface area contributed by atoms with Crippen LogP contribution in [0.3, 0.4) is 0 Å². The molecule has 0 spiro atoms. The van der Waals surface area contributed by atoms with Crippen LogP contribution in [0.15, 0.2) is 41.6 Å². The minimum absolute atomic E-state index is 0.0956. The lowest BCUT2D eigenvalue weighted by molar-refractivity contribution is -0.385. The van der Waals surface area contributed by atoms with Gasteiger partial charge < -0.3 is 5.32 Å². The van der Waals surface area contributed by atoms with Crippen molar-refractivity contribution in [3.63, 3.8) is 0 Å². The lowest BCUT2D eigenvalue weighted by atomic mass is 10.3. The summed E-state index contributed by atoms with van der Waals surface area (Å²) in [6, 6.07) is 7.59. The number of halogens is 2. The first kappa shape index (κ1) is 16.5. The lowest BCUT2D eigenvalue weighted by Gasteiger charge is -2.07. The fraction of sp³-hybridized carbons (Fsp3) is 0.0769. The summed E-state index contributed by atoms with van der Waals surface area (Å²) in [4.78, 5) is 25.7. The Morgan fingerprint density at radius 1 is 1.32 bits per heavy atom. The topological polar surface area (TPSA) is 85.1 Å². The second kappa shape index (κ2) is 7.44. The minimum Gasteiger partial charge on any atom is -0.324 e. The zero-order valence-electron chi connectivity index (χ0n) is 11.0. The van der Waals surface area contributed by atoms with Crippen molar-refractivity contribution in [3.05, 3.63) is 56.7 Å². The number of nitro groups is 1. The van der Waals surface area contributed by atoms with E-state index >= 15 is 0 Å². The van der Waals surface area contributed by atoms with E-state index in [1.54, 1.807) is 12.1 Å². The second-order valence-electron chi connectivity index (χ2n) is 4.07. The first-order chi connectivity index (χ1) is 10.5. The van der Waals surface area contributed by atoms with Gasteiger partial charge >= 0.3 is 0 Å². The van der Waals surface area contributed by atoms with Crippen molar-refractivity contribution in [2.24, 2.45) is 0 Å². The number of anilines is 1. The second-order valence-corrected chi connectivity index (χ2v) is 5.91. The highest BCUT2D eigenvalue weighted by Crippen LogP contribution is 2.26. The molecule has 2 rings (SSSR count). The van der Waals surface area contributed by atoms with Crippen LogP contribution < -0.4 is 5.32 Å². The van der Waals surface area contributed by atoms with E-state index in [1.165, 1.54) is 18.2 Å². The third kappa shape index (κ3) is 4.59. The highest BCUT2D eigenvalue weighted by atomic mass is 35.5. The summed E-state index contributed by atoms with van der Waals surface area (Å²) < 4.78 is 0. The Hall–Kier alpha value is -1.83. The number of amides is 1. The van der Waals surface area contributed by atoms with Gasteiger partial charge in [-0.25, -0.2) is 4.98 Å². The maximum absolute atomic E-state index is 11.8. The van der Waals surface area contributed by atoms with Crippen molar-refractivity contribution in [2.75, 3.05) is 11.1 Å². The van der Waals surface area contributed by atoms with Gasteiger partial charge in [-0.2, -0.15) is 0 Å². The largest absolute Gasteiger partial charge is 0.324 e. The fourth-order valence-corrected chi connectivity index (χ4v) is 2.58. The van der Waals surface area contributed by atoms with E-state index in [9.17, 15) is 14.9 Å². The molecule has 0 saturated heterocycles. The molecule has 0 atom stereocenters. The number of hydrogen-bond donors (Lipinski definition) is 1. The zero-order valence-corrected chi connectivity index (χ0v) is 13.3. The van der Waals surface area contributed by atoms with Crippen molar-refractivity contribution < 1.29 is 9.72 Å². The Morgan fingerprint density at radius 3 is 2.68 bits per heavy atom. The standard InChI is InChI=1S/C13H9Cl2N3O3S/c14-8-1-3-11(10(15)5-8)17-12(19)7-22-13-4-2-9(6-16-13)18(20)21/h1-6H,7H2,(H,17,19). The maximum atomic E-state index is 11.8. The molecule has 0 radical (unpaired) electrons. The van der Waals surface area contributed by atoms with Crippen molar-refractivity contribution in [1.82, 2.24) is 4.98 Å². The molecule has 0 unspecified atom stereocenters. The average molecular weight is 358 g/mol. The Kier molecular flexibility index (Phi) is 5.59. The van der Waals surface area contributed by atoms with Crippen LogP contribution in [0, 0.1) is 10.1 Å². The first-order valence-corrected chi connectivity index (χ1v) is 7.68. The van der Waals surface area contributed by atoms with E-state index in [4.69, 9.17) is 23.2 Å². The molecule has 2 aromatic rings. The number of benzene rings is 1. The number of thioether (sulfide) groups is 1. The minimum atomic E-state index is -0.531. The number of carbonyl (C=O) groups is 1. The van der Waals surface area contributed by atoms with Crippen molar-refractivity contribution >= 4 is 52.2 Å². The van der Waals surface area contributed by atoms with Gasteiger partial charge in [0.05, 0.1) is 26.4 Å². The van der Waals surface area contributed by atoms with Gasteiger partial charge in [0.15, 0.2) is 0 Å². The van der Waals surface area contributed by atoms with Crippen LogP contribution in [0.25, 0.3) is 0 Å². The fourth-order valence-electron chi connectivity index (χ4n) is 1.48. The molecule has 0 saturated carbocycles. The molecule has 6 nitrogen and oxygen atoms in total. The van der Waals surface area contributed by atoms with Crippen molar-refractivity contribution in [3.8, 4) is 0 Å². The molecular weight excluding hydrogens is 349 g/mol. The molecule has 22 heavy (non-hydrogen) atoms. The van der Waals surface area contributed by atoms with E-state index < -0.39 is 4.92 Å². The molecule has 1 amide bonds. The number of rotatable bonds is 5. The van der Waals surface area contributed by atoms with Crippen molar-refractivity contribution in [1.29, 1.82) is 0 Å². The molecule has 0 aliphatic heterocycles. The molecule has 114 valence electrons. The summed E-state index contributed by atoms with van der Waals surface area (Å²) in [7, 11) is 0. The molecule has 9 heteroatoms. The predicted octanol–water partition coefficient (Wildman–Crippen LogP) is 4.03. The van der Waals surface area contributed by atoms with Crippen LogP contribution in [0.1, 0.15) is 0 Å².